The molecule has 2 aromatic heterocycles. The van der Waals surface area contributed by atoms with Gasteiger partial charge in [-0.1, -0.05) is 6.07 Å². The smallest absolute Gasteiger partial charge is 0.255 e. The number of rotatable bonds is 7. The van der Waals surface area contributed by atoms with Crippen molar-refractivity contribution in [1.82, 2.24) is 25.6 Å². The number of carbonyl (C=O) groups excluding carboxylic acids is 2. The van der Waals surface area contributed by atoms with Gasteiger partial charge in [0.15, 0.2) is 5.65 Å². The molecule has 1 fully saturated rings. The first kappa shape index (κ1) is 19.5. The zero-order valence-electron chi connectivity index (χ0n) is 17.4. The van der Waals surface area contributed by atoms with Crippen molar-refractivity contribution in [2.45, 2.75) is 51.1 Å². The summed E-state index contributed by atoms with van der Waals surface area (Å²) in [6, 6.07) is 6.02. The van der Waals surface area contributed by atoms with Crippen LogP contribution < -0.4 is 15.4 Å². The van der Waals surface area contributed by atoms with Gasteiger partial charge < -0.3 is 20.4 Å². The van der Waals surface area contributed by atoms with Crippen molar-refractivity contribution in [2.24, 2.45) is 5.92 Å². The van der Waals surface area contributed by atoms with Crippen LogP contribution in [-0.2, 0) is 11.2 Å². The van der Waals surface area contributed by atoms with Crippen molar-refractivity contribution in [3.8, 4) is 11.6 Å². The second-order valence-corrected chi connectivity index (χ2v) is 8.40. The van der Waals surface area contributed by atoms with E-state index in [0.29, 0.717) is 34.3 Å². The van der Waals surface area contributed by atoms with Crippen molar-refractivity contribution in [2.75, 3.05) is 0 Å². The molecule has 2 aliphatic rings. The molecule has 0 radical (unpaired) electrons. The van der Waals surface area contributed by atoms with Crippen molar-refractivity contribution in [1.29, 1.82) is 0 Å². The van der Waals surface area contributed by atoms with Crippen LogP contribution in [0, 0.1) is 5.92 Å². The molecule has 1 saturated carbocycles. The maximum Gasteiger partial charge on any atom is 0.255 e. The van der Waals surface area contributed by atoms with E-state index in [4.69, 9.17) is 4.74 Å². The zero-order chi connectivity index (χ0) is 21.4. The number of hydrogen-bond donors (Lipinski definition) is 3. The summed E-state index contributed by atoms with van der Waals surface area (Å²) in [5.41, 5.74) is 3.77. The molecular weight excluding hydrogens is 394 g/mol. The highest BCUT2D eigenvalue weighted by molar-refractivity contribution is 6.04. The summed E-state index contributed by atoms with van der Waals surface area (Å²) in [4.78, 5) is 35.6. The van der Waals surface area contributed by atoms with Crippen molar-refractivity contribution in [3.63, 3.8) is 0 Å². The molecule has 2 atom stereocenters. The van der Waals surface area contributed by atoms with E-state index in [0.717, 1.165) is 44.1 Å². The SMILES string of the molecule is CC(NC(=O)c1c[nH]c2ncc(Oc3ccc4c(c3)C(NC=O)CCC4)nc12)C1CC1. The van der Waals surface area contributed by atoms with Crippen LogP contribution in [0.2, 0.25) is 0 Å². The van der Waals surface area contributed by atoms with Crippen LogP contribution >= 0.6 is 0 Å². The van der Waals surface area contributed by atoms with E-state index in [1.807, 2.05) is 25.1 Å². The molecule has 3 aromatic rings. The molecule has 160 valence electrons. The van der Waals surface area contributed by atoms with Gasteiger partial charge in [0.1, 0.15) is 11.3 Å². The molecule has 2 unspecified atom stereocenters. The molecule has 5 rings (SSSR count). The van der Waals surface area contributed by atoms with Gasteiger partial charge in [0, 0.05) is 12.2 Å². The number of benzene rings is 1. The normalized spacial score (nSPS) is 18.8. The van der Waals surface area contributed by atoms with Crippen LogP contribution in [0.1, 0.15) is 60.1 Å². The number of nitrogens with zero attached hydrogens (tertiary/aromatic N) is 2. The zero-order valence-corrected chi connectivity index (χ0v) is 17.4. The van der Waals surface area contributed by atoms with Crippen LogP contribution in [0.4, 0.5) is 0 Å². The summed E-state index contributed by atoms with van der Waals surface area (Å²) in [6.45, 7) is 2.04. The predicted molar refractivity (Wildman–Crippen MR) is 115 cm³/mol. The Morgan fingerprint density at radius 2 is 2.19 bits per heavy atom. The Kier molecular flexibility index (Phi) is 5.05. The van der Waals surface area contributed by atoms with Crippen molar-refractivity contribution < 1.29 is 14.3 Å². The van der Waals surface area contributed by atoms with Crippen LogP contribution in [-0.4, -0.2) is 33.3 Å². The molecule has 0 saturated heterocycles. The molecule has 0 bridgehead atoms. The molecule has 2 amide bonds. The molecule has 31 heavy (non-hydrogen) atoms. The van der Waals surface area contributed by atoms with Gasteiger partial charge in [-0.05, 0) is 68.2 Å². The predicted octanol–water partition coefficient (Wildman–Crippen LogP) is 3.40. The number of aromatic nitrogens is 3. The summed E-state index contributed by atoms with van der Waals surface area (Å²) in [5.74, 6) is 1.34. The van der Waals surface area contributed by atoms with Gasteiger partial charge in [0.2, 0.25) is 12.3 Å². The lowest BCUT2D eigenvalue weighted by atomic mass is 9.87. The molecule has 0 spiro atoms. The molecule has 3 N–H and O–H groups in total. The fourth-order valence-electron chi connectivity index (χ4n) is 4.31. The lowest BCUT2D eigenvalue weighted by Crippen LogP contribution is -2.33. The Bertz CT molecular complexity index is 1140. The van der Waals surface area contributed by atoms with E-state index in [2.05, 4.69) is 25.6 Å². The summed E-state index contributed by atoms with van der Waals surface area (Å²) in [5, 5.41) is 5.94. The summed E-state index contributed by atoms with van der Waals surface area (Å²) < 4.78 is 5.98. The molecule has 8 heteroatoms. The fraction of sp³-hybridized carbons (Fsp3) is 0.391. The van der Waals surface area contributed by atoms with Gasteiger partial charge in [-0.2, -0.15) is 0 Å². The standard InChI is InChI=1S/C23H25N5O3/c1-13(14-5-6-14)27-23(30)18-10-24-22-21(18)28-20(11-25-22)31-16-8-7-15-3-2-4-19(26-12-29)17(15)9-16/h7-14,19H,2-6H2,1H3,(H,24,25)(H,26,29)(H,27,30). The fourth-order valence-corrected chi connectivity index (χ4v) is 4.31. The van der Waals surface area contributed by atoms with Gasteiger partial charge in [-0.15, -0.1) is 0 Å². The van der Waals surface area contributed by atoms with E-state index in [9.17, 15) is 9.59 Å². The van der Waals surface area contributed by atoms with E-state index in [-0.39, 0.29) is 18.0 Å². The van der Waals surface area contributed by atoms with E-state index < -0.39 is 0 Å². The minimum absolute atomic E-state index is 0.00760. The molecule has 2 aliphatic carbocycles. The summed E-state index contributed by atoms with van der Waals surface area (Å²) in [6.07, 6.45) is 9.18. The second kappa shape index (κ2) is 8.02. The molecule has 2 heterocycles. The van der Waals surface area contributed by atoms with Gasteiger partial charge in [0.25, 0.3) is 5.91 Å². The van der Waals surface area contributed by atoms with Crippen molar-refractivity contribution >= 4 is 23.5 Å². The maximum absolute atomic E-state index is 12.7. The Balaban J connectivity index is 1.39. The number of nitrogens with one attached hydrogen (secondary N) is 3. The third-order valence-corrected chi connectivity index (χ3v) is 6.21. The number of hydrogen-bond acceptors (Lipinski definition) is 5. The number of amides is 2. The van der Waals surface area contributed by atoms with Gasteiger partial charge in [-0.3, -0.25) is 9.59 Å². The van der Waals surface area contributed by atoms with Crippen LogP contribution in [0.15, 0.2) is 30.6 Å². The van der Waals surface area contributed by atoms with E-state index in [1.54, 1.807) is 6.20 Å². The molecule has 0 aliphatic heterocycles. The Hall–Kier alpha value is -3.42. The molecule has 8 nitrogen and oxygen atoms in total. The molecular formula is C23H25N5O3. The van der Waals surface area contributed by atoms with Crippen LogP contribution in [0.3, 0.4) is 0 Å². The lowest BCUT2D eigenvalue weighted by molar-refractivity contribution is -0.110. The number of ether oxygens (including phenoxy) is 1. The highest BCUT2D eigenvalue weighted by Crippen LogP contribution is 2.34. The Morgan fingerprint density at radius 1 is 1.32 bits per heavy atom. The van der Waals surface area contributed by atoms with E-state index in [1.165, 1.54) is 11.8 Å². The van der Waals surface area contributed by atoms with E-state index >= 15 is 0 Å². The van der Waals surface area contributed by atoms with Crippen LogP contribution in [0.25, 0.3) is 11.2 Å². The summed E-state index contributed by atoms with van der Waals surface area (Å²) >= 11 is 0. The topological polar surface area (TPSA) is 109 Å². The first-order chi connectivity index (χ1) is 15.1. The van der Waals surface area contributed by atoms with Crippen molar-refractivity contribution in [3.05, 3.63) is 47.3 Å². The number of carbonyl (C=O) groups is 2. The van der Waals surface area contributed by atoms with Gasteiger partial charge in [-0.25, -0.2) is 9.97 Å². The average molecular weight is 419 g/mol. The highest BCUT2D eigenvalue weighted by Gasteiger charge is 2.29. The third-order valence-electron chi connectivity index (χ3n) is 6.21. The quantitative estimate of drug-likeness (QED) is 0.509. The monoisotopic (exact) mass is 419 g/mol. The maximum atomic E-state index is 12.7. The minimum Gasteiger partial charge on any atom is -0.437 e. The Morgan fingerprint density at radius 3 is 3.00 bits per heavy atom. The van der Waals surface area contributed by atoms with Gasteiger partial charge in [0.05, 0.1) is 17.8 Å². The number of H-pyrrole nitrogens is 1. The van der Waals surface area contributed by atoms with Crippen LogP contribution in [0.5, 0.6) is 11.6 Å². The largest absolute Gasteiger partial charge is 0.437 e. The van der Waals surface area contributed by atoms with Gasteiger partial charge >= 0.3 is 0 Å². The first-order valence-corrected chi connectivity index (χ1v) is 10.8. The number of aromatic amines is 1. The Labute approximate surface area is 179 Å². The lowest BCUT2D eigenvalue weighted by Gasteiger charge is -2.25. The summed E-state index contributed by atoms with van der Waals surface area (Å²) in [7, 11) is 0. The minimum atomic E-state index is -0.159. The average Bonchev–Trinajstić information content (AvgIpc) is 3.54. The number of fused-ring (bicyclic) bond motifs is 2. The highest BCUT2D eigenvalue weighted by atomic mass is 16.5. The third kappa shape index (κ3) is 3.97. The molecule has 1 aromatic carbocycles. The second-order valence-electron chi connectivity index (χ2n) is 8.40. The number of aryl methyl sites for hydroxylation is 1. The first-order valence-electron chi connectivity index (χ1n) is 10.8.